The van der Waals surface area contributed by atoms with Crippen LogP contribution in [0, 0.1) is 0 Å². The molecule has 2 heterocycles. The van der Waals surface area contributed by atoms with E-state index in [0.29, 0.717) is 0 Å². The van der Waals surface area contributed by atoms with Crippen molar-refractivity contribution in [2.24, 2.45) is 0 Å². The molecule has 0 saturated carbocycles. The average Bonchev–Trinajstić information content (AvgIpc) is 3.53. The van der Waals surface area contributed by atoms with Crippen molar-refractivity contribution >= 4 is 69.9 Å². The lowest BCUT2D eigenvalue weighted by Crippen LogP contribution is -2.00. The van der Waals surface area contributed by atoms with E-state index in [1.165, 1.54) is 0 Å². The summed E-state index contributed by atoms with van der Waals surface area (Å²) >= 11 is 10.9. The van der Waals surface area contributed by atoms with Crippen LogP contribution < -0.4 is 0 Å². The molecular formula is C32H19Br3N4. The molecule has 39 heavy (non-hydrogen) atoms. The molecule has 0 unspecified atom stereocenters. The average molecular weight is 699 g/mol. The van der Waals surface area contributed by atoms with Gasteiger partial charge in [0.05, 0.1) is 22.1 Å². The molecule has 0 aliphatic rings. The highest BCUT2D eigenvalue weighted by atomic mass is 79.9. The standard InChI is InChI=1S/C32H19Br3N4/c33-22-9-13-25(14-10-22)38-29-7-3-1-5-27(29)36-31(38)20-17-21(19-24(35)18-20)32-37-28-6-2-4-8-30(28)39(32)26-15-11-23(34)12-16-26/h1-19H. The van der Waals surface area contributed by atoms with Crippen LogP contribution in [0.4, 0.5) is 0 Å². The predicted molar refractivity (Wildman–Crippen MR) is 170 cm³/mol. The van der Waals surface area contributed by atoms with Gasteiger partial charge in [0, 0.05) is 35.9 Å². The Morgan fingerprint density at radius 1 is 0.436 bits per heavy atom. The summed E-state index contributed by atoms with van der Waals surface area (Å²) in [5, 5.41) is 0. The van der Waals surface area contributed by atoms with E-state index in [1.54, 1.807) is 0 Å². The summed E-state index contributed by atoms with van der Waals surface area (Å²) in [6, 6.07) is 39.5. The van der Waals surface area contributed by atoms with E-state index < -0.39 is 0 Å². The van der Waals surface area contributed by atoms with Crippen LogP contribution in [0.3, 0.4) is 0 Å². The van der Waals surface area contributed by atoms with Crippen LogP contribution in [-0.4, -0.2) is 19.1 Å². The first kappa shape index (κ1) is 24.5. The lowest BCUT2D eigenvalue weighted by Gasteiger charge is -2.13. The third kappa shape index (κ3) is 4.44. The number of aromatic nitrogens is 4. The second kappa shape index (κ2) is 9.90. The summed E-state index contributed by atoms with van der Waals surface area (Å²) in [5.41, 5.74) is 8.08. The van der Waals surface area contributed by atoms with Gasteiger partial charge in [0.25, 0.3) is 0 Å². The molecule has 5 aromatic carbocycles. The fraction of sp³-hybridized carbons (Fsp3) is 0. The maximum atomic E-state index is 5.09. The number of nitrogens with zero attached hydrogens (tertiary/aromatic N) is 4. The van der Waals surface area contributed by atoms with Gasteiger partial charge in [0.1, 0.15) is 11.6 Å². The molecule has 0 fully saturated rings. The van der Waals surface area contributed by atoms with Gasteiger partial charge in [-0.3, -0.25) is 9.13 Å². The van der Waals surface area contributed by atoms with Gasteiger partial charge in [-0.15, -0.1) is 0 Å². The molecule has 7 aromatic rings. The van der Waals surface area contributed by atoms with Gasteiger partial charge < -0.3 is 0 Å². The summed E-state index contributed by atoms with van der Waals surface area (Å²) < 4.78 is 7.46. The Hall–Kier alpha value is -3.52. The molecule has 0 atom stereocenters. The number of rotatable bonds is 4. The van der Waals surface area contributed by atoms with Crippen molar-refractivity contribution in [2.75, 3.05) is 0 Å². The number of hydrogen-bond donors (Lipinski definition) is 0. The molecule has 2 aromatic heterocycles. The molecule has 188 valence electrons. The Morgan fingerprint density at radius 3 is 1.28 bits per heavy atom. The minimum absolute atomic E-state index is 0.868. The van der Waals surface area contributed by atoms with Crippen molar-refractivity contribution < 1.29 is 0 Å². The number of halogens is 3. The molecule has 0 saturated heterocycles. The van der Waals surface area contributed by atoms with E-state index in [1.807, 2.05) is 12.1 Å². The monoisotopic (exact) mass is 696 g/mol. The molecule has 7 rings (SSSR count). The Labute approximate surface area is 250 Å². The second-order valence-electron chi connectivity index (χ2n) is 9.20. The Morgan fingerprint density at radius 2 is 0.846 bits per heavy atom. The first-order valence-electron chi connectivity index (χ1n) is 12.3. The van der Waals surface area contributed by atoms with Crippen LogP contribution in [0.2, 0.25) is 0 Å². The van der Waals surface area contributed by atoms with Crippen LogP contribution in [0.1, 0.15) is 0 Å². The maximum Gasteiger partial charge on any atom is 0.145 e. The van der Waals surface area contributed by atoms with Crippen molar-refractivity contribution in [1.82, 2.24) is 19.1 Å². The molecule has 0 aliphatic carbocycles. The maximum absolute atomic E-state index is 5.09. The van der Waals surface area contributed by atoms with E-state index in [-0.39, 0.29) is 0 Å². The number of para-hydroxylation sites is 4. The van der Waals surface area contributed by atoms with Gasteiger partial charge in [-0.25, -0.2) is 9.97 Å². The van der Waals surface area contributed by atoms with Crippen LogP contribution >= 0.6 is 47.8 Å². The topological polar surface area (TPSA) is 35.6 Å². The minimum Gasteiger partial charge on any atom is -0.292 e. The smallest absolute Gasteiger partial charge is 0.145 e. The second-order valence-corrected chi connectivity index (χ2v) is 11.9. The van der Waals surface area contributed by atoms with E-state index in [9.17, 15) is 0 Å². The Bertz CT molecular complexity index is 1850. The summed E-state index contributed by atoms with van der Waals surface area (Å²) in [5.74, 6) is 1.74. The van der Waals surface area contributed by atoms with E-state index in [0.717, 1.165) is 69.6 Å². The SMILES string of the molecule is Brc1ccc(-n2c(-c3cc(Br)cc(-c4nc5ccccc5n4-c4ccc(Br)cc4)c3)nc3ccccc32)cc1. The molecule has 7 heteroatoms. The lowest BCUT2D eigenvalue weighted by molar-refractivity contribution is 1.09. The molecule has 0 bridgehead atoms. The van der Waals surface area contributed by atoms with Gasteiger partial charge >= 0.3 is 0 Å². The highest BCUT2D eigenvalue weighted by molar-refractivity contribution is 9.11. The molecule has 0 N–H and O–H groups in total. The fourth-order valence-corrected chi connectivity index (χ4v) is 6.01. The van der Waals surface area contributed by atoms with Crippen molar-refractivity contribution in [3.8, 4) is 34.2 Å². The molecule has 0 aliphatic heterocycles. The van der Waals surface area contributed by atoms with Gasteiger partial charge in [0.15, 0.2) is 0 Å². The van der Waals surface area contributed by atoms with Gasteiger partial charge in [-0.2, -0.15) is 0 Å². The molecule has 0 radical (unpaired) electrons. The highest BCUT2D eigenvalue weighted by Gasteiger charge is 2.19. The van der Waals surface area contributed by atoms with Gasteiger partial charge in [-0.1, -0.05) is 72.1 Å². The molecule has 4 nitrogen and oxygen atoms in total. The largest absolute Gasteiger partial charge is 0.292 e. The molecular weight excluding hydrogens is 680 g/mol. The van der Waals surface area contributed by atoms with Crippen LogP contribution in [0.15, 0.2) is 129 Å². The van der Waals surface area contributed by atoms with Crippen LogP contribution in [0.5, 0.6) is 0 Å². The van der Waals surface area contributed by atoms with Crippen molar-refractivity contribution in [2.45, 2.75) is 0 Å². The molecule has 0 spiro atoms. The normalized spacial score (nSPS) is 11.5. The first-order chi connectivity index (χ1) is 19.0. The summed E-state index contributed by atoms with van der Waals surface area (Å²) in [7, 11) is 0. The third-order valence-corrected chi connectivity index (χ3v) is 8.22. The minimum atomic E-state index is 0.868. The Kier molecular flexibility index (Phi) is 6.22. The quantitative estimate of drug-likeness (QED) is 0.183. The van der Waals surface area contributed by atoms with E-state index in [4.69, 9.17) is 9.97 Å². The third-order valence-electron chi connectivity index (χ3n) is 6.71. The van der Waals surface area contributed by atoms with Gasteiger partial charge in [0.2, 0.25) is 0 Å². The van der Waals surface area contributed by atoms with Gasteiger partial charge in [-0.05, 0) is 91.0 Å². The van der Waals surface area contributed by atoms with Crippen molar-refractivity contribution in [3.05, 3.63) is 129 Å². The number of benzene rings is 5. The van der Waals surface area contributed by atoms with E-state index in [2.05, 4.69) is 160 Å². The Balaban J connectivity index is 1.48. The summed E-state index contributed by atoms with van der Waals surface area (Å²) in [6.07, 6.45) is 0. The van der Waals surface area contributed by atoms with Crippen LogP contribution in [-0.2, 0) is 0 Å². The number of fused-ring (bicyclic) bond motifs is 2. The highest BCUT2D eigenvalue weighted by Crippen LogP contribution is 2.36. The zero-order valence-corrected chi connectivity index (χ0v) is 25.2. The summed E-state index contributed by atoms with van der Waals surface area (Å²) in [6.45, 7) is 0. The number of imidazole rings is 2. The van der Waals surface area contributed by atoms with Crippen molar-refractivity contribution in [3.63, 3.8) is 0 Å². The summed E-state index contributed by atoms with van der Waals surface area (Å²) in [4.78, 5) is 10.2. The zero-order valence-electron chi connectivity index (χ0n) is 20.4. The first-order valence-corrected chi connectivity index (χ1v) is 14.7. The van der Waals surface area contributed by atoms with Crippen molar-refractivity contribution in [1.29, 1.82) is 0 Å². The lowest BCUT2D eigenvalue weighted by atomic mass is 10.1. The number of hydrogen-bond acceptors (Lipinski definition) is 2. The van der Waals surface area contributed by atoms with E-state index >= 15 is 0 Å². The van der Waals surface area contributed by atoms with Crippen LogP contribution in [0.25, 0.3) is 56.2 Å². The zero-order chi connectivity index (χ0) is 26.5. The molecule has 0 amide bonds. The fourth-order valence-electron chi connectivity index (χ4n) is 4.99. The predicted octanol–water partition coefficient (Wildman–Crippen LogP) is 9.99.